The van der Waals surface area contributed by atoms with Crippen molar-refractivity contribution in [2.45, 2.75) is 74.5 Å². The molecule has 9 heteroatoms. The Hall–Kier alpha value is -1.68. The Kier molecular flexibility index (Phi) is 8.04. The lowest BCUT2D eigenvalue weighted by molar-refractivity contribution is 0.466. The molecule has 0 atom stereocenters. The number of fused-ring (bicyclic) bond motifs is 1. The zero-order chi connectivity index (χ0) is 21.7. The van der Waals surface area contributed by atoms with Gasteiger partial charge in [-0.25, -0.2) is 0 Å². The first kappa shape index (κ1) is 23.6. The maximum Gasteiger partial charge on any atom is 0.296 e. The monoisotopic (exact) mass is 443 g/mol. The summed E-state index contributed by atoms with van der Waals surface area (Å²) >= 11 is 0. The van der Waals surface area contributed by atoms with E-state index >= 15 is 0 Å². The molecule has 4 N–H and O–H groups in total. The van der Waals surface area contributed by atoms with Crippen LogP contribution in [-0.2, 0) is 26.7 Å². The summed E-state index contributed by atoms with van der Waals surface area (Å²) in [7, 11) is -9.86. The molecule has 2 aromatic rings. The van der Waals surface area contributed by atoms with Crippen LogP contribution >= 0.6 is 0 Å². The van der Waals surface area contributed by atoms with Gasteiger partial charge in [0, 0.05) is 16.5 Å². The van der Waals surface area contributed by atoms with Crippen LogP contribution in [0.25, 0.3) is 10.8 Å². The summed E-state index contributed by atoms with van der Waals surface area (Å²) in [6.45, 7) is 2.15. The molecule has 0 aliphatic carbocycles. The standard InChI is InChI=1S/C20H29NO6S2/c1-2-3-4-5-6-7-8-9-14-17-18(21)15-12-10-11-13-16(15)19(28(22,23)24)20(17)29(25,26)27/h10-13H,2-9,14,21H2,1H3,(H,22,23,24)(H,25,26,27). The summed E-state index contributed by atoms with van der Waals surface area (Å²) in [5, 5.41) is 0.280. The zero-order valence-corrected chi connectivity index (χ0v) is 18.2. The summed E-state index contributed by atoms with van der Waals surface area (Å²) in [6.07, 6.45) is 8.38. The van der Waals surface area contributed by atoms with Crippen LogP contribution in [-0.4, -0.2) is 25.9 Å². The summed E-state index contributed by atoms with van der Waals surface area (Å²) < 4.78 is 67.7. The molecule has 2 aromatic carbocycles. The molecule has 0 amide bonds. The third-order valence-corrected chi connectivity index (χ3v) is 7.10. The SMILES string of the molecule is CCCCCCCCCCc1c(S(=O)(=O)O)c(S(=O)(=O)O)c2ccccc2c1N. The van der Waals surface area contributed by atoms with Crippen LogP contribution in [0.1, 0.15) is 63.9 Å². The minimum absolute atomic E-state index is 0.0322. The molecule has 0 aliphatic heterocycles. The van der Waals surface area contributed by atoms with Gasteiger partial charge in [0.2, 0.25) is 0 Å². The van der Waals surface area contributed by atoms with Crippen LogP contribution in [0.5, 0.6) is 0 Å². The van der Waals surface area contributed by atoms with Gasteiger partial charge in [-0.3, -0.25) is 9.11 Å². The number of hydrogen-bond acceptors (Lipinski definition) is 5. The van der Waals surface area contributed by atoms with Crippen molar-refractivity contribution in [2.75, 3.05) is 5.73 Å². The molecule has 0 heterocycles. The van der Waals surface area contributed by atoms with Crippen molar-refractivity contribution in [3.05, 3.63) is 29.8 Å². The Labute approximate surface area is 172 Å². The van der Waals surface area contributed by atoms with E-state index in [2.05, 4.69) is 6.92 Å². The molecular weight excluding hydrogens is 414 g/mol. The van der Waals surface area contributed by atoms with Gasteiger partial charge in [0.05, 0.1) is 0 Å². The van der Waals surface area contributed by atoms with E-state index < -0.39 is 30.0 Å². The second kappa shape index (κ2) is 9.88. The molecule has 0 spiro atoms. The molecular formula is C20H29NO6S2. The first-order valence-electron chi connectivity index (χ1n) is 9.87. The van der Waals surface area contributed by atoms with Gasteiger partial charge in [-0.2, -0.15) is 16.8 Å². The Bertz CT molecular complexity index is 1060. The largest absolute Gasteiger partial charge is 0.398 e. The minimum atomic E-state index is -4.94. The molecule has 0 radical (unpaired) electrons. The van der Waals surface area contributed by atoms with Crippen molar-refractivity contribution in [3.8, 4) is 0 Å². The van der Waals surface area contributed by atoms with Gasteiger partial charge in [-0.15, -0.1) is 0 Å². The number of rotatable bonds is 11. The molecule has 0 saturated carbocycles. The highest BCUT2D eigenvalue weighted by Crippen LogP contribution is 2.38. The fourth-order valence-electron chi connectivity index (χ4n) is 3.67. The second-order valence-corrected chi connectivity index (χ2v) is 9.99. The average Bonchev–Trinajstić information content (AvgIpc) is 2.63. The fraction of sp³-hybridized carbons (Fsp3) is 0.500. The quantitative estimate of drug-likeness (QED) is 0.262. The summed E-state index contributed by atoms with van der Waals surface area (Å²) in [5.41, 5.74) is 6.31. The molecule has 0 saturated heterocycles. The van der Waals surface area contributed by atoms with Crippen LogP contribution < -0.4 is 5.73 Å². The number of nitrogens with two attached hydrogens (primary N) is 1. The van der Waals surface area contributed by atoms with Crippen LogP contribution in [0.4, 0.5) is 5.69 Å². The van der Waals surface area contributed by atoms with E-state index in [1.54, 1.807) is 12.1 Å². The highest BCUT2D eigenvalue weighted by atomic mass is 32.2. The number of benzene rings is 2. The molecule has 0 aromatic heterocycles. The van der Waals surface area contributed by atoms with E-state index in [0.29, 0.717) is 11.8 Å². The first-order chi connectivity index (χ1) is 13.6. The Morgan fingerprint density at radius 1 is 0.759 bits per heavy atom. The van der Waals surface area contributed by atoms with Crippen LogP contribution in [0.3, 0.4) is 0 Å². The number of unbranched alkanes of at least 4 members (excludes halogenated alkanes) is 7. The van der Waals surface area contributed by atoms with E-state index in [0.717, 1.165) is 25.7 Å². The first-order valence-corrected chi connectivity index (χ1v) is 12.7. The van der Waals surface area contributed by atoms with Crippen LogP contribution in [0.15, 0.2) is 34.1 Å². The molecule has 7 nitrogen and oxygen atoms in total. The minimum Gasteiger partial charge on any atom is -0.398 e. The normalized spacial score (nSPS) is 12.5. The molecule has 0 unspecified atom stereocenters. The predicted molar refractivity (Wildman–Crippen MR) is 114 cm³/mol. The van der Waals surface area contributed by atoms with Gasteiger partial charge in [0.25, 0.3) is 20.2 Å². The zero-order valence-electron chi connectivity index (χ0n) is 16.6. The van der Waals surface area contributed by atoms with Gasteiger partial charge < -0.3 is 5.73 Å². The van der Waals surface area contributed by atoms with Crippen LogP contribution in [0, 0.1) is 0 Å². The van der Waals surface area contributed by atoms with Crippen molar-refractivity contribution in [1.29, 1.82) is 0 Å². The van der Waals surface area contributed by atoms with Crippen molar-refractivity contribution in [2.24, 2.45) is 0 Å². The van der Waals surface area contributed by atoms with Gasteiger partial charge in [0.15, 0.2) is 0 Å². The lowest BCUT2D eigenvalue weighted by atomic mass is 9.99. The molecule has 0 aliphatic rings. The molecule has 162 valence electrons. The number of anilines is 1. The second-order valence-electron chi connectivity index (χ2n) is 7.27. The highest BCUT2D eigenvalue weighted by Gasteiger charge is 2.31. The van der Waals surface area contributed by atoms with E-state index in [9.17, 15) is 25.9 Å². The van der Waals surface area contributed by atoms with Crippen molar-refractivity contribution >= 4 is 36.7 Å². The average molecular weight is 444 g/mol. The summed E-state index contributed by atoms with van der Waals surface area (Å²) in [6, 6.07) is 6.05. The molecule has 29 heavy (non-hydrogen) atoms. The van der Waals surface area contributed by atoms with E-state index in [-0.39, 0.29) is 23.1 Å². The molecule has 0 fully saturated rings. The van der Waals surface area contributed by atoms with Gasteiger partial charge in [-0.1, -0.05) is 76.1 Å². The van der Waals surface area contributed by atoms with Gasteiger partial charge in [0.1, 0.15) is 9.79 Å². The van der Waals surface area contributed by atoms with Crippen LogP contribution in [0.2, 0.25) is 0 Å². The Morgan fingerprint density at radius 3 is 1.76 bits per heavy atom. The molecule has 2 rings (SSSR count). The predicted octanol–water partition coefficient (Wildman–Crippen LogP) is 4.60. The number of nitrogen functional groups attached to an aromatic ring is 1. The maximum absolute atomic E-state index is 12.1. The summed E-state index contributed by atoms with van der Waals surface area (Å²) in [5.74, 6) is 0. The summed E-state index contributed by atoms with van der Waals surface area (Å²) in [4.78, 5) is -1.64. The fourth-order valence-corrected chi connectivity index (χ4v) is 5.99. The van der Waals surface area contributed by atoms with Gasteiger partial charge in [-0.05, 0) is 18.4 Å². The topological polar surface area (TPSA) is 135 Å². The third kappa shape index (κ3) is 5.91. The van der Waals surface area contributed by atoms with Crippen molar-refractivity contribution in [1.82, 2.24) is 0 Å². The smallest absolute Gasteiger partial charge is 0.296 e. The number of hydrogen-bond donors (Lipinski definition) is 3. The molecule has 0 bridgehead atoms. The third-order valence-electron chi connectivity index (χ3n) is 5.06. The van der Waals surface area contributed by atoms with Crippen molar-refractivity contribution < 1.29 is 25.9 Å². The maximum atomic E-state index is 12.1. The van der Waals surface area contributed by atoms with E-state index in [1.807, 2.05) is 0 Å². The highest BCUT2D eigenvalue weighted by molar-refractivity contribution is 7.89. The Morgan fingerprint density at radius 2 is 1.24 bits per heavy atom. The van der Waals surface area contributed by atoms with Crippen molar-refractivity contribution in [3.63, 3.8) is 0 Å². The Balaban J connectivity index is 2.40. The lowest BCUT2D eigenvalue weighted by Gasteiger charge is -2.17. The van der Waals surface area contributed by atoms with E-state index in [1.165, 1.54) is 31.4 Å². The van der Waals surface area contributed by atoms with Gasteiger partial charge >= 0.3 is 0 Å². The van der Waals surface area contributed by atoms with E-state index in [4.69, 9.17) is 5.73 Å². The lowest BCUT2D eigenvalue weighted by Crippen LogP contribution is -2.14.